The van der Waals surface area contributed by atoms with Gasteiger partial charge in [-0.25, -0.2) is 5.43 Å². The summed E-state index contributed by atoms with van der Waals surface area (Å²) in [7, 11) is 1.57. The summed E-state index contributed by atoms with van der Waals surface area (Å²) in [6, 6.07) is 7.64. The molecular formula is C18H17Br3N2O3. The summed E-state index contributed by atoms with van der Waals surface area (Å²) in [6.45, 7) is 3.79. The van der Waals surface area contributed by atoms with E-state index < -0.39 is 0 Å². The minimum atomic E-state index is -0.360. The molecule has 26 heavy (non-hydrogen) atoms. The molecule has 0 aliphatic carbocycles. The number of benzene rings is 2. The molecule has 2 rings (SSSR count). The van der Waals surface area contributed by atoms with Crippen molar-refractivity contribution in [2.45, 2.75) is 13.8 Å². The number of amides is 1. The maximum absolute atomic E-state index is 12.0. The number of ether oxygens (including phenoxy) is 2. The second-order valence-corrected chi connectivity index (χ2v) is 8.11. The van der Waals surface area contributed by atoms with Gasteiger partial charge in [-0.05, 0) is 75.0 Å². The quantitative estimate of drug-likeness (QED) is 0.402. The lowest BCUT2D eigenvalue weighted by atomic mass is 10.1. The highest BCUT2D eigenvalue weighted by atomic mass is 79.9. The van der Waals surface area contributed by atoms with Gasteiger partial charge in [0.25, 0.3) is 5.91 Å². The Kier molecular flexibility index (Phi) is 7.67. The number of hydrogen-bond donors (Lipinski definition) is 1. The van der Waals surface area contributed by atoms with Gasteiger partial charge in [-0.2, -0.15) is 5.10 Å². The molecule has 138 valence electrons. The minimum absolute atomic E-state index is 0.140. The van der Waals surface area contributed by atoms with Gasteiger partial charge in [0.15, 0.2) is 6.61 Å². The Labute approximate surface area is 177 Å². The largest absolute Gasteiger partial charge is 0.495 e. The van der Waals surface area contributed by atoms with Gasteiger partial charge in [0.1, 0.15) is 11.5 Å². The van der Waals surface area contributed by atoms with Gasteiger partial charge in [0, 0.05) is 10.0 Å². The topological polar surface area (TPSA) is 59.9 Å². The van der Waals surface area contributed by atoms with E-state index >= 15 is 0 Å². The predicted molar refractivity (Wildman–Crippen MR) is 113 cm³/mol. The van der Waals surface area contributed by atoms with Crippen molar-refractivity contribution in [3.8, 4) is 11.5 Å². The molecule has 0 aliphatic heterocycles. The molecule has 0 radical (unpaired) electrons. The molecule has 0 saturated heterocycles. The van der Waals surface area contributed by atoms with E-state index in [9.17, 15) is 4.79 Å². The summed E-state index contributed by atoms with van der Waals surface area (Å²) in [6.07, 6.45) is 1.51. The number of halogens is 3. The number of nitrogens with zero attached hydrogens (tertiary/aromatic N) is 1. The monoisotopic (exact) mass is 546 g/mol. The number of hydrazone groups is 1. The van der Waals surface area contributed by atoms with E-state index in [0.717, 1.165) is 24.5 Å². The van der Waals surface area contributed by atoms with Crippen molar-refractivity contribution in [3.63, 3.8) is 0 Å². The predicted octanol–water partition coefficient (Wildman–Crippen LogP) is 5.13. The van der Waals surface area contributed by atoms with E-state index in [1.807, 2.05) is 38.1 Å². The van der Waals surface area contributed by atoms with E-state index in [2.05, 4.69) is 58.3 Å². The van der Waals surface area contributed by atoms with Gasteiger partial charge in [0.05, 0.1) is 22.3 Å². The van der Waals surface area contributed by atoms with Crippen LogP contribution in [0, 0.1) is 13.8 Å². The zero-order chi connectivity index (χ0) is 19.3. The first-order chi connectivity index (χ1) is 12.3. The fourth-order valence-corrected chi connectivity index (χ4v) is 4.53. The summed E-state index contributed by atoms with van der Waals surface area (Å²) >= 11 is 10.3. The van der Waals surface area contributed by atoms with Crippen molar-refractivity contribution in [2.75, 3.05) is 13.7 Å². The average molecular weight is 549 g/mol. The highest BCUT2D eigenvalue weighted by Crippen LogP contribution is 2.32. The van der Waals surface area contributed by atoms with Crippen LogP contribution in [-0.2, 0) is 4.79 Å². The van der Waals surface area contributed by atoms with Crippen LogP contribution in [0.3, 0.4) is 0 Å². The maximum atomic E-state index is 12.0. The maximum Gasteiger partial charge on any atom is 0.277 e. The molecule has 0 unspecified atom stereocenters. The number of hydrogen-bond acceptors (Lipinski definition) is 4. The van der Waals surface area contributed by atoms with Crippen LogP contribution in [-0.4, -0.2) is 25.8 Å². The number of carbonyl (C=O) groups is 1. The average Bonchev–Trinajstić information content (AvgIpc) is 2.53. The number of aryl methyl sites for hydroxylation is 2. The standard InChI is InChI=1S/C18H17Br3N2O3/c1-10-4-11(2)17(14(20)5-10)26-9-16(24)23-22-8-12-6-13(19)7-15(21)18(12)25-3/h4-8H,9H2,1-3H3,(H,23,24)/b22-8+. The lowest BCUT2D eigenvalue weighted by Gasteiger charge is -2.11. The molecule has 0 spiro atoms. The lowest BCUT2D eigenvalue weighted by molar-refractivity contribution is -0.123. The molecule has 8 heteroatoms. The van der Waals surface area contributed by atoms with Gasteiger partial charge in [-0.15, -0.1) is 0 Å². The zero-order valence-corrected chi connectivity index (χ0v) is 19.2. The molecule has 0 aromatic heterocycles. The van der Waals surface area contributed by atoms with Crippen LogP contribution in [0.15, 0.2) is 42.8 Å². The van der Waals surface area contributed by atoms with Gasteiger partial charge < -0.3 is 9.47 Å². The van der Waals surface area contributed by atoms with Crippen LogP contribution in [0.25, 0.3) is 0 Å². The summed E-state index contributed by atoms with van der Waals surface area (Å²) in [5, 5.41) is 3.97. The van der Waals surface area contributed by atoms with Crippen molar-refractivity contribution in [1.82, 2.24) is 5.43 Å². The van der Waals surface area contributed by atoms with Crippen molar-refractivity contribution in [2.24, 2.45) is 5.10 Å². The summed E-state index contributed by atoms with van der Waals surface area (Å²) in [5.41, 5.74) is 5.23. The van der Waals surface area contributed by atoms with Crippen molar-refractivity contribution in [1.29, 1.82) is 0 Å². The summed E-state index contributed by atoms with van der Waals surface area (Å²) < 4.78 is 13.4. The Hall–Kier alpha value is -1.38. The summed E-state index contributed by atoms with van der Waals surface area (Å²) in [5.74, 6) is 0.912. The van der Waals surface area contributed by atoms with Crippen LogP contribution in [0.4, 0.5) is 0 Å². The molecule has 5 nitrogen and oxygen atoms in total. The van der Waals surface area contributed by atoms with Crippen molar-refractivity contribution < 1.29 is 14.3 Å². The Bertz CT molecular complexity index is 831. The Balaban J connectivity index is 1.99. The Morgan fingerprint density at radius 1 is 1.12 bits per heavy atom. The highest BCUT2D eigenvalue weighted by Gasteiger charge is 2.10. The first-order valence-electron chi connectivity index (χ1n) is 7.56. The molecule has 0 heterocycles. The fourth-order valence-electron chi connectivity index (χ4n) is 2.32. The third-order valence-electron chi connectivity index (χ3n) is 3.36. The first-order valence-corrected chi connectivity index (χ1v) is 9.94. The zero-order valence-electron chi connectivity index (χ0n) is 14.4. The highest BCUT2D eigenvalue weighted by molar-refractivity contribution is 9.11. The van der Waals surface area contributed by atoms with Gasteiger partial charge in [-0.1, -0.05) is 22.0 Å². The van der Waals surface area contributed by atoms with Crippen LogP contribution in [0.2, 0.25) is 0 Å². The molecule has 0 saturated carbocycles. The molecule has 0 atom stereocenters. The van der Waals surface area contributed by atoms with Crippen LogP contribution in [0.5, 0.6) is 11.5 Å². The fraction of sp³-hybridized carbons (Fsp3) is 0.222. The number of carbonyl (C=O) groups excluding carboxylic acids is 1. The molecule has 1 amide bonds. The minimum Gasteiger partial charge on any atom is -0.495 e. The van der Waals surface area contributed by atoms with Crippen LogP contribution in [0.1, 0.15) is 16.7 Å². The normalized spacial score (nSPS) is 10.8. The first kappa shape index (κ1) is 20.9. The SMILES string of the molecule is COc1c(Br)cc(Br)cc1/C=N/NC(=O)COc1c(C)cc(C)cc1Br. The van der Waals surface area contributed by atoms with E-state index in [1.165, 1.54) is 6.21 Å². The number of nitrogens with one attached hydrogen (secondary N) is 1. The van der Waals surface area contributed by atoms with E-state index in [4.69, 9.17) is 9.47 Å². The third-order valence-corrected chi connectivity index (χ3v) is 4.99. The van der Waals surface area contributed by atoms with Gasteiger partial charge in [-0.3, -0.25) is 4.79 Å². The molecule has 2 aromatic carbocycles. The molecule has 0 fully saturated rings. The summed E-state index contributed by atoms with van der Waals surface area (Å²) in [4.78, 5) is 12.0. The van der Waals surface area contributed by atoms with Crippen LogP contribution < -0.4 is 14.9 Å². The Morgan fingerprint density at radius 2 is 1.81 bits per heavy atom. The molecule has 0 bridgehead atoms. The molecule has 2 aromatic rings. The van der Waals surface area contributed by atoms with Crippen molar-refractivity contribution >= 4 is 59.9 Å². The van der Waals surface area contributed by atoms with Gasteiger partial charge >= 0.3 is 0 Å². The molecule has 0 aliphatic rings. The second-order valence-electron chi connectivity index (χ2n) is 5.48. The lowest BCUT2D eigenvalue weighted by Crippen LogP contribution is -2.25. The molecule has 1 N–H and O–H groups in total. The van der Waals surface area contributed by atoms with E-state index in [0.29, 0.717) is 17.1 Å². The number of rotatable bonds is 6. The molecular weight excluding hydrogens is 532 g/mol. The smallest absolute Gasteiger partial charge is 0.277 e. The van der Waals surface area contributed by atoms with Gasteiger partial charge in [0.2, 0.25) is 0 Å². The van der Waals surface area contributed by atoms with E-state index in [-0.39, 0.29) is 12.5 Å². The third kappa shape index (κ3) is 5.56. The van der Waals surface area contributed by atoms with Crippen LogP contribution >= 0.6 is 47.8 Å². The number of methoxy groups -OCH3 is 1. The van der Waals surface area contributed by atoms with Crippen molar-refractivity contribution in [3.05, 3.63) is 54.4 Å². The Morgan fingerprint density at radius 3 is 2.46 bits per heavy atom. The van der Waals surface area contributed by atoms with E-state index in [1.54, 1.807) is 7.11 Å². The second kappa shape index (κ2) is 9.53.